The summed E-state index contributed by atoms with van der Waals surface area (Å²) in [5.41, 5.74) is 3.08. The van der Waals surface area contributed by atoms with E-state index in [2.05, 4.69) is 11.9 Å². The highest BCUT2D eigenvalue weighted by atomic mass is 16.5. The Balaban J connectivity index is 2.15. The van der Waals surface area contributed by atoms with Gasteiger partial charge in [0.1, 0.15) is 5.75 Å². The van der Waals surface area contributed by atoms with Gasteiger partial charge in [-0.1, -0.05) is 19.8 Å². The predicted molar refractivity (Wildman–Crippen MR) is 76.5 cm³/mol. The van der Waals surface area contributed by atoms with Crippen molar-refractivity contribution in [3.63, 3.8) is 0 Å². The summed E-state index contributed by atoms with van der Waals surface area (Å²) in [6, 6.07) is 0. The SMILES string of the molecule is COc1c(C)cnc(CC(O)C2CCCC2C)c1C. The first-order chi connectivity index (χ1) is 9.04. The molecule has 1 N–H and O–H groups in total. The maximum atomic E-state index is 10.4. The molecule has 0 saturated heterocycles. The third-order valence-electron chi connectivity index (χ3n) is 4.57. The molecule has 1 heterocycles. The Labute approximate surface area is 116 Å². The molecular formula is C16H25NO2. The highest BCUT2D eigenvalue weighted by Gasteiger charge is 2.30. The largest absolute Gasteiger partial charge is 0.496 e. The van der Waals surface area contributed by atoms with Gasteiger partial charge < -0.3 is 9.84 Å². The van der Waals surface area contributed by atoms with Crippen LogP contribution in [0.4, 0.5) is 0 Å². The molecule has 0 bridgehead atoms. The molecule has 0 amide bonds. The Morgan fingerprint density at radius 3 is 2.74 bits per heavy atom. The van der Waals surface area contributed by atoms with Gasteiger partial charge in [0.2, 0.25) is 0 Å². The second-order valence-corrected chi connectivity index (χ2v) is 5.89. The van der Waals surface area contributed by atoms with Crippen LogP contribution in [0.25, 0.3) is 0 Å². The summed E-state index contributed by atoms with van der Waals surface area (Å²) in [5, 5.41) is 10.4. The molecule has 19 heavy (non-hydrogen) atoms. The third kappa shape index (κ3) is 2.92. The molecule has 0 aromatic carbocycles. The lowest BCUT2D eigenvalue weighted by atomic mass is 9.89. The van der Waals surface area contributed by atoms with Gasteiger partial charge in [-0.25, -0.2) is 0 Å². The number of aryl methyl sites for hydroxylation is 1. The minimum Gasteiger partial charge on any atom is -0.496 e. The van der Waals surface area contributed by atoms with E-state index < -0.39 is 0 Å². The predicted octanol–water partition coefficient (Wildman–Crippen LogP) is 3.05. The van der Waals surface area contributed by atoms with E-state index in [4.69, 9.17) is 4.74 Å². The van der Waals surface area contributed by atoms with Crippen LogP contribution in [-0.2, 0) is 6.42 Å². The Kier molecular flexibility index (Phi) is 4.46. The van der Waals surface area contributed by atoms with E-state index in [9.17, 15) is 5.11 Å². The molecule has 1 saturated carbocycles. The zero-order valence-corrected chi connectivity index (χ0v) is 12.4. The zero-order chi connectivity index (χ0) is 14.0. The number of ether oxygens (including phenoxy) is 1. The average molecular weight is 263 g/mol. The number of nitrogens with zero attached hydrogens (tertiary/aromatic N) is 1. The number of hydrogen-bond acceptors (Lipinski definition) is 3. The monoisotopic (exact) mass is 263 g/mol. The van der Waals surface area contributed by atoms with Crippen molar-refractivity contribution >= 4 is 0 Å². The summed E-state index contributed by atoms with van der Waals surface area (Å²) in [5.74, 6) is 1.95. The fourth-order valence-corrected chi connectivity index (χ4v) is 3.37. The normalized spacial score (nSPS) is 24.5. The quantitative estimate of drug-likeness (QED) is 0.908. The third-order valence-corrected chi connectivity index (χ3v) is 4.57. The van der Waals surface area contributed by atoms with Crippen LogP contribution >= 0.6 is 0 Å². The van der Waals surface area contributed by atoms with Crippen LogP contribution in [0.1, 0.15) is 43.0 Å². The van der Waals surface area contributed by atoms with E-state index in [1.807, 2.05) is 20.0 Å². The van der Waals surface area contributed by atoms with Crippen molar-refractivity contribution in [1.82, 2.24) is 4.98 Å². The molecule has 1 aromatic rings. The lowest BCUT2D eigenvalue weighted by Gasteiger charge is -2.23. The van der Waals surface area contributed by atoms with Gasteiger partial charge in [-0.2, -0.15) is 0 Å². The zero-order valence-electron chi connectivity index (χ0n) is 12.4. The number of pyridine rings is 1. The van der Waals surface area contributed by atoms with Gasteiger partial charge in [0.25, 0.3) is 0 Å². The van der Waals surface area contributed by atoms with Gasteiger partial charge in [0, 0.05) is 29.4 Å². The van der Waals surface area contributed by atoms with E-state index in [0.29, 0.717) is 18.3 Å². The maximum Gasteiger partial charge on any atom is 0.128 e. The summed E-state index contributed by atoms with van der Waals surface area (Å²) in [7, 11) is 1.69. The van der Waals surface area contributed by atoms with Crippen molar-refractivity contribution in [1.29, 1.82) is 0 Å². The molecule has 3 heteroatoms. The molecule has 0 spiro atoms. The summed E-state index contributed by atoms with van der Waals surface area (Å²) in [6.45, 7) is 6.27. The molecule has 3 unspecified atom stereocenters. The Morgan fingerprint density at radius 1 is 1.42 bits per heavy atom. The lowest BCUT2D eigenvalue weighted by molar-refractivity contribution is 0.0891. The van der Waals surface area contributed by atoms with Crippen LogP contribution in [0, 0.1) is 25.7 Å². The highest BCUT2D eigenvalue weighted by Crippen LogP contribution is 2.35. The second kappa shape index (κ2) is 5.91. The lowest BCUT2D eigenvalue weighted by Crippen LogP contribution is -2.25. The smallest absolute Gasteiger partial charge is 0.128 e. The summed E-state index contributed by atoms with van der Waals surface area (Å²) in [4.78, 5) is 4.48. The molecule has 106 valence electrons. The van der Waals surface area contributed by atoms with E-state index in [1.54, 1.807) is 7.11 Å². The van der Waals surface area contributed by atoms with Gasteiger partial charge in [-0.05, 0) is 32.1 Å². The van der Waals surface area contributed by atoms with Crippen LogP contribution in [0.2, 0.25) is 0 Å². The van der Waals surface area contributed by atoms with Gasteiger partial charge in [0.15, 0.2) is 0 Å². The molecular weight excluding hydrogens is 238 g/mol. The average Bonchev–Trinajstić information content (AvgIpc) is 2.80. The van der Waals surface area contributed by atoms with Crippen molar-refractivity contribution in [3.8, 4) is 5.75 Å². The Morgan fingerprint density at radius 2 is 2.16 bits per heavy atom. The minimum absolute atomic E-state index is 0.281. The summed E-state index contributed by atoms with van der Waals surface area (Å²) >= 11 is 0. The fourth-order valence-electron chi connectivity index (χ4n) is 3.37. The topological polar surface area (TPSA) is 42.4 Å². The number of hydrogen-bond donors (Lipinski definition) is 1. The fraction of sp³-hybridized carbons (Fsp3) is 0.688. The molecule has 0 aliphatic heterocycles. The number of aliphatic hydroxyl groups excluding tert-OH is 1. The highest BCUT2D eigenvalue weighted by molar-refractivity contribution is 5.41. The first kappa shape index (κ1) is 14.3. The van der Waals surface area contributed by atoms with Crippen LogP contribution in [0.15, 0.2) is 6.20 Å². The van der Waals surface area contributed by atoms with Gasteiger partial charge in [-0.15, -0.1) is 0 Å². The van der Waals surface area contributed by atoms with E-state index in [-0.39, 0.29) is 6.10 Å². The number of rotatable bonds is 4. The van der Waals surface area contributed by atoms with Crippen LogP contribution < -0.4 is 4.74 Å². The molecule has 1 aromatic heterocycles. The van der Waals surface area contributed by atoms with Crippen molar-refractivity contribution in [2.45, 2.75) is 52.6 Å². The van der Waals surface area contributed by atoms with Crippen molar-refractivity contribution < 1.29 is 9.84 Å². The van der Waals surface area contributed by atoms with E-state index in [0.717, 1.165) is 29.0 Å². The van der Waals surface area contributed by atoms with Crippen molar-refractivity contribution in [2.24, 2.45) is 11.8 Å². The number of aromatic nitrogens is 1. The Bertz CT molecular complexity index is 445. The first-order valence-electron chi connectivity index (χ1n) is 7.21. The molecule has 2 rings (SSSR count). The van der Waals surface area contributed by atoms with Crippen molar-refractivity contribution in [2.75, 3.05) is 7.11 Å². The summed E-state index contributed by atoms with van der Waals surface area (Å²) in [6.07, 6.45) is 5.82. The Hall–Kier alpha value is -1.09. The van der Waals surface area contributed by atoms with Crippen molar-refractivity contribution in [3.05, 3.63) is 23.0 Å². The standard InChI is InChI=1S/C16H25NO2/c1-10-6-5-7-13(10)15(18)8-14-12(3)16(19-4)11(2)9-17-14/h9-10,13,15,18H,5-8H2,1-4H3. The molecule has 1 aliphatic carbocycles. The van der Waals surface area contributed by atoms with E-state index in [1.165, 1.54) is 12.8 Å². The molecule has 1 aliphatic rings. The summed E-state index contributed by atoms with van der Waals surface area (Å²) < 4.78 is 5.42. The van der Waals surface area contributed by atoms with Gasteiger partial charge in [-0.3, -0.25) is 4.98 Å². The molecule has 1 fully saturated rings. The van der Waals surface area contributed by atoms with Crippen LogP contribution in [0.5, 0.6) is 5.75 Å². The first-order valence-corrected chi connectivity index (χ1v) is 7.21. The number of methoxy groups -OCH3 is 1. The van der Waals surface area contributed by atoms with Gasteiger partial charge in [0.05, 0.1) is 13.2 Å². The minimum atomic E-state index is -0.281. The molecule has 0 radical (unpaired) electrons. The van der Waals surface area contributed by atoms with Gasteiger partial charge >= 0.3 is 0 Å². The van der Waals surface area contributed by atoms with Crippen LogP contribution in [0.3, 0.4) is 0 Å². The van der Waals surface area contributed by atoms with E-state index >= 15 is 0 Å². The number of aliphatic hydroxyl groups is 1. The maximum absolute atomic E-state index is 10.4. The second-order valence-electron chi connectivity index (χ2n) is 5.89. The van der Waals surface area contributed by atoms with Crippen LogP contribution in [-0.4, -0.2) is 23.3 Å². The molecule has 3 nitrogen and oxygen atoms in total. The molecule has 3 atom stereocenters.